The number of halogens is 1. The van der Waals surface area contributed by atoms with Crippen molar-refractivity contribution in [3.63, 3.8) is 0 Å². The Labute approximate surface area is 86.7 Å². The summed E-state index contributed by atoms with van der Waals surface area (Å²) in [7, 11) is 0. The lowest BCUT2D eigenvalue weighted by Crippen LogP contribution is -2.55. The standard InChI is InChI=1S/C10H13FN2O2/c11-6-10(13,9(12)15)5-7-1-3-8(14)4-2-7/h1-4,14H,5-6,13H2,(H2,12,15). The van der Waals surface area contributed by atoms with Gasteiger partial charge in [0.15, 0.2) is 0 Å². The molecule has 1 aromatic rings. The molecule has 82 valence electrons. The van der Waals surface area contributed by atoms with Crippen LogP contribution in [0.5, 0.6) is 5.75 Å². The third-order valence-corrected chi connectivity index (χ3v) is 2.19. The fourth-order valence-electron chi connectivity index (χ4n) is 1.18. The number of rotatable bonds is 4. The molecule has 0 radical (unpaired) electrons. The second-order valence-electron chi connectivity index (χ2n) is 3.50. The smallest absolute Gasteiger partial charge is 0.240 e. The first-order valence-electron chi connectivity index (χ1n) is 4.40. The van der Waals surface area contributed by atoms with Crippen LogP contribution in [-0.4, -0.2) is 23.2 Å². The van der Waals surface area contributed by atoms with Gasteiger partial charge in [-0.25, -0.2) is 4.39 Å². The van der Waals surface area contributed by atoms with Gasteiger partial charge < -0.3 is 16.6 Å². The highest BCUT2D eigenvalue weighted by atomic mass is 19.1. The molecule has 5 heteroatoms. The Kier molecular flexibility index (Phi) is 3.26. The van der Waals surface area contributed by atoms with Crippen LogP contribution in [0.2, 0.25) is 0 Å². The number of nitrogens with two attached hydrogens (primary N) is 2. The van der Waals surface area contributed by atoms with Gasteiger partial charge in [-0.1, -0.05) is 12.1 Å². The monoisotopic (exact) mass is 212 g/mol. The average molecular weight is 212 g/mol. The van der Waals surface area contributed by atoms with E-state index in [1.165, 1.54) is 12.1 Å². The Morgan fingerprint density at radius 2 is 1.93 bits per heavy atom. The lowest BCUT2D eigenvalue weighted by molar-refractivity contribution is -0.123. The van der Waals surface area contributed by atoms with E-state index in [0.29, 0.717) is 5.56 Å². The molecular weight excluding hydrogens is 199 g/mol. The molecule has 0 aliphatic rings. The Hall–Kier alpha value is -1.62. The fourth-order valence-corrected chi connectivity index (χ4v) is 1.18. The van der Waals surface area contributed by atoms with Crippen LogP contribution in [0.25, 0.3) is 0 Å². The van der Waals surface area contributed by atoms with Crippen LogP contribution in [0.4, 0.5) is 4.39 Å². The summed E-state index contributed by atoms with van der Waals surface area (Å²) in [6.07, 6.45) is 0.0130. The molecule has 1 atom stereocenters. The van der Waals surface area contributed by atoms with Gasteiger partial charge in [-0.2, -0.15) is 0 Å². The summed E-state index contributed by atoms with van der Waals surface area (Å²) < 4.78 is 12.6. The first kappa shape index (κ1) is 11.5. The van der Waals surface area contributed by atoms with Crippen molar-refractivity contribution in [2.24, 2.45) is 11.5 Å². The van der Waals surface area contributed by atoms with Crippen LogP contribution in [0, 0.1) is 0 Å². The van der Waals surface area contributed by atoms with Crippen LogP contribution in [0.1, 0.15) is 5.56 Å². The molecule has 1 aromatic carbocycles. The molecule has 5 N–H and O–H groups in total. The zero-order chi connectivity index (χ0) is 11.5. The third kappa shape index (κ3) is 2.66. The molecule has 0 aliphatic heterocycles. The number of amides is 1. The van der Waals surface area contributed by atoms with Gasteiger partial charge in [-0.3, -0.25) is 4.79 Å². The van der Waals surface area contributed by atoms with Crippen molar-refractivity contribution in [2.75, 3.05) is 6.67 Å². The van der Waals surface area contributed by atoms with Gasteiger partial charge in [-0.15, -0.1) is 0 Å². The summed E-state index contributed by atoms with van der Waals surface area (Å²) in [6.45, 7) is -1.01. The molecule has 1 rings (SSSR count). The molecule has 0 aromatic heterocycles. The first-order chi connectivity index (χ1) is 6.98. The maximum absolute atomic E-state index is 12.6. The van der Waals surface area contributed by atoms with Crippen LogP contribution >= 0.6 is 0 Å². The highest BCUT2D eigenvalue weighted by Gasteiger charge is 2.32. The van der Waals surface area contributed by atoms with Crippen molar-refractivity contribution < 1.29 is 14.3 Å². The quantitative estimate of drug-likeness (QED) is 0.660. The minimum Gasteiger partial charge on any atom is -0.508 e. The summed E-state index contributed by atoms with van der Waals surface area (Å²) >= 11 is 0. The number of aromatic hydroxyl groups is 1. The number of phenols is 1. The molecular formula is C10H13FN2O2. The van der Waals surface area contributed by atoms with Crippen LogP contribution in [0.3, 0.4) is 0 Å². The second-order valence-corrected chi connectivity index (χ2v) is 3.50. The summed E-state index contributed by atoms with van der Waals surface area (Å²) in [5.41, 5.74) is 9.48. The maximum atomic E-state index is 12.6. The highest BCUT2D eigenvalue weighted by molar-refractivity contribution is 5.85. The molecule has 0 saturated carbocycles. The Balaban J connectivity index is 2.84. The van der Waals surface area contributed by atoms with Gasteiger partial charge in [0.1, 0.15) is 18.0 Å². The number of carbonyl (C=O) groups is 1. The summed E-state index contributed by atoms with van der Waals surface area (Å²) in [5, 5.41) is 9.02. The number of primary amides is 1. The molecule has 0 bridgehead atoms. The number of carbonyl (C=O) groups excluding carboxylic acids is 1. The van der Waals surface area contributed by atoms with Crippen LogP contribution in [0.15, 0.2) is 24.3 Å². The Morgan fingerprint density at radius 3 is 2.33 bits per heavy atom. The molecule has 0 saturated heterocycles. The number of hydrogen-bond acceptors (Lipinski definition) is 3. The van der Waals surface area contributed by atoms with Gasteiger partial charge >= 0.3 is 0 Å². The van der Waals surface area contributed by atoms with E-state index in [2.05, 4.69) is 0 Å². The van der Waals surface area contributed by atoms with Crippen molar-refractivity contribution in [1.29, 1.82) is 0 Å². The summed E-state index contributed by atoms with van der Waals surface area (Å²) in [4.78, 5) is 10.9. The zero-order valence-corrected chi connectivity index (χ0v) is 8.11. The van der Waals surface area contributed by atoms with Gasteiger partial charge in [0.2, 0.25) is 5.91 Å². The molecule has 0 heterocycles. The topological polar surface area (TPSA) is 89.3 Å². The van der Waals surface area contributed by atoms with Crippen molar-refractivity contribution in [3.05, 3.63) is 29.8 Å². The van der Waals surface area contributed by atoms with Crippen LogP contribution in [-0.2, 0) is 11.2 Å². The molecule has 1 amide bonds. The zero-order valence-electron chi connectivity index (χ0n) is 8.11. The second kappa shape index (κ2) is 4.27. The van der Waals surface area contributed by atoms with E-state index in [9.17, 15) is 9.18 Å². The Morgan fingerprint density at radius 1 is 1.40 bits per heavy atom. The average Bonchev–Trinajstić information content (AvgIpc) is 2.21. The number of benzene rings is 1. The Bertz CT molecular complexity index is 353. The van der Waals surface area contributed by atoms with E-state index in [-0.39, 0.29) is 12.2 Å². The SMILES string of the molecule is NC(=O)C(N)(CF)Cc1ccc(O)cc1. The van der Waals surface area contributed by atoms with Gasteiger partial charge in [0.05, 0.1) is 0 Å². The molecule has 1 unspecified atom stereocenters. The van der Waals surface area contributed by atoms with Crippen molar-refractivity contribution in [2.45, 2.75) is 12.0 Å². The van der Waals surface area contributed by atoms with E-state index in [4.69, 9.17) is 16.6 Å². The lowest BCUT2D eigenvalue weighted by Gasteiger charge is -2.22. The van der Waals surface area contributed by atoms with E-state index >= 15 is 0 Å². The number of hydrogen-bond donors (Lipinski definition) is 3. The van der Waals surface area contributed by atoms with Gasteiger partial charge in [-0.05, 0) is 17.7 Å². The number of alkyl halides is 1. The van der Waals surface area contributed by atoms with Crippen molar-refractivity contribution >= 4 is 5.91 Å². The van der Waals surface area contributed by atoms with Crippen molar-refractivity contribution in [3.8, 4) is 5.75 Å². The highest BCUT2D eigenvalue weighted by Crippen LogP contribution is 2.15. The largest absolute Gasteiger partial charge is 0.508 e. The fraction of sp³-hybridized carbons (Fsp3) is 0.300. The van der Waals surface area contributed by atoms with Gasteiger partial charge in [0, 0.05) is 6.42 Å². The minimum absolute atomic E-state index is 0.0130. The molecule has 0 aliphatic carbocycles. The molecule has 0 spiro atoms. The number of phenolic OH excluding ortho intramolecular Hbond substituents is 1. The third-order valence-electron chi connectivity index (χ3n) is 2.19. The van der Waals surface area contributed by atoms with Crippen LogP contribution < -0.4 is 11.5 Å². The summed E-state index contributed by atoms with van der Waals surface area (Å²) in [5.74, 6) is -0.779. The summed E-state index contributed by atoms with van der Waals surface area (Å²) in [6, 6.07) is 6.01. The molecule has 0 fully saturated rings. The molecule has 4 nitrogen and oxygen atoms in total. The van der Waals surface area contributed by atoms with Gasteiger partial charge in [0.25, 0.3) is 0 Å². The molecule has 15 heavy (non-hydrogen) atoms. The van der Waals surface area contributed by atoms with Crippen molar-refractivity contribution in [1.82, 2.24) is 0 Å². The first-order valence-corrected chi connectivity index (χ1v) is 4.40. The van der Waals surface area contributed by atoms with E-state index < -0.39 is 18.1 Å². The van der Waals surface area contributed by atoms with E-state index in [1.807, 2.05) is 0 Å². The lowest BCUT2D eigenvalue weighted by atomic mass is 9.92. The predicted octanol–water partition coefficient (Wildman–Crippen LogP) is 0.0870. The maximum Gasteiger partial charge on any atom is 0.240 e. The van der Waals surface area contributed by atoms with E-state index in [0.717, 1.165) is 0 Å². The predicted molar refractivity (Wildman–Crippen MR) is 53.9 cm³/mol. The normalized spacial score (nSPS) is 14.5. The minimum atomic E-state index is -1.67. The van der Waals surface area contributed by atoms with E-state index in [1.54, 1.807) is 12.1 Å².